The molecule has 3 N–H and O–H groups in total. The lowest BCUT2D eigenvalue weighted by Gasteiger charge is -2.07. The summed E-state index contributed by atoms with van der Waals surface area (Å²) in [6.07, 6.45) is 0.254. The summed E-state index contributed by atoms with van der Waals surface area (Å²) in [6.45, 7) is -0.538. The average molecular weight is 162 g/mol. The second kappa shape index (κ2) is 6.27. The van der Waals surface area contributed by atoms with Crippen LogP contribution in [-0.2, 0) is 4.79 Å². The minimum atomic E-state index is -0.367. The maximum atomic E-state index is 10.8. The Bertz CT molecular complexity index is 109. The van der Waals surface area contributed by atoms with E-state index in [-0.39, 0.29) is 44.4 Å². The van der Waals surface area contributed by atoms with Crippen LogP contribution in [0.1, 0.15) is 12.8 Å². The molecule has 0 radical (unpaired) electrons. The minimum absolute atomic E-state index is 0.108. The number of rotatable bonds is 6. The minimum Gasteiger partial charge on any atom is -0.396 e. The lowest BCUT2D eigenvalue weighted by molar-refractivity contribution is -0.121. The Morgan fingerprint density at radius 2 is 1.73 bits per heavy atom. The number of aliphatic hydroxyl groups excluding tert-OH is 3. The van der Waals surface area contributed by atoms with E-state index in [1.165, 1.54) is 0 Å². The van der Waals surface area contributed by atoms with Gasteiger partial charge in [0.2, 0.25) is 0 Å². The summed E-state index contributed by atoms with van der Waals surface area (Å²) in [7, 11) is 0. The predicted molar refractivity (Wildman–Crippen MR) is 39.0 cm³/mol. The zero-order chi connectivity index (χ0) is 8.69. The molecule has 0 fully saturated rings. The fourth-order valence-electron chi connectivity index (χ4n) is 0.736. The Labute approximate surface area is 65.5 Å². The van der Waals surface area contributed by atoms with Crippen LogP contribution in [0.4, 0.5) is 0 Å². The van der Waals surface area contributed by atoms with Gasteiger partial charge in [0.15, 0.2) is 0 Å². The van der Waals surface area contributed by atoms with Crippen LogP contribution < -0.4 is 0 Å². The molecule has 0 aliphatic rings. The summed E-state index contributed by atoms with van der Waals surface area (Å²) in [5.41, 5.74) is 0. The van der Waals surface area contributed by atoms with Gasteiger partial charge in [-0.3, -0.25) is 4.79 Å². The second-order valence-corrected chi connectivity index (χ2v) is 2.45. The number of hydrogen-bond acceptors (Lipinski definition) is 4. The molecule has 0 amide bonds. The van der Waals surface area contributed by atoms with Crippen molar-refractivity contribution in [1.82, 2.24) is 0 Å². The smallest absolute Gasteiger partial charge is 0.135 e. The quantitative estimate of drug-likeness (QED) is 0.464. The van der Waals surface area contributed by atoms with Crippen molar-refractivity contribution in [3.8, 4) is 0 Å². The lowest BCUT2D eigenvalue weighted by atomic mass is 10.0. The number of ketones is 1. The number of carbonyl (C=O) groups is 1. The molecule has 0 aromatic heterocycles. The van der Waals surface area contributed by atoms with Crippen molar-refractivity contribution < 1.29 is 20.1 Å². The first kappa shape index (κ1) is 10.6. The first-order valence-electron chi connectivity index (χ1n) is 3.58. The Hall–Kier alpha value is -0.450. The summed E-state index contributed by atoms with van der Waals surface area (Å²) < 4.78 is 0. The van der Waals surface area contributed by atoms with E-state index in [2.05, 4.69) is 0 Å². The van der Waals surface area contributed by atoms with Crippen LogP contribution in [0.3, 0.4) is 0 Å². The van der Waals surface area contributed by atoms with E-state index < -0.39 is 0 Å². The van der Waals surface area contributed by atoms with Crippen molar-refractivity contribution in [1.29, 1.82) is 0 Å². The molecule has 4 heteroatoms. The normalized spacial score (nSPS) is 10.5. The van der Waals surface area contributed by atoms with Crippen molar-refractivity contribution >= 4 is 5.78 Å². The zero-order valence-electron chi connectivity index (χ0n) is 6.36. The van der Waals surface area contributed by atoms with Crippen molar-refractivity contribution in [3.63, 3.8) is 0 Å². The third kappa shape index (κ3) is 4.89. The number of aliphatic hydroxyl groups is 3. The van der Waals surface area contributed by atoms with Crippen molar-refractivity contribution in [3.05, 3.63) is 0 Å². The molecule has 0 aliphatic carbocycles. The average Bonchev–Trinajstić information content (AvgIpc) is 2.01. The Morgan fingerprint density at radius 1 is 1.18 bits per heavy atom. The first-order valence-corrected chi connectivity index (χ1v) is 3.58. The monoisotopic (exact) mass is 162 g/mol. The van der Waals surface area contributed by atoms with Gasteiger partial charge in [0.05, 0.1) is 0 Å². The van der Waals surface area contributed by atoms with E-state index in [9.17, 15) is 4.79 Å². The van der Waals surface area contributed by atoms with E-state index in [0.29, 0.717) is 0 Å². The highest BCUT2D eigenvalue weighted by Gasteiger charge is 2.10. The number of carbonyl (C=O) groups excluding carboxylic acids is 1. The summed E-state index contributed by atoms with van der Waals surface area (Å²) in [5, 5.41) is 25.5. The maximum absolute atomic E-state index is 10.8. The summed E-state index contributed by atoms with van der Waals surface area (Å²) in [4.78, 5) is 10.8. The molecule has 0 rings (SSSR count). The van der Waals surface area contributed by atoms with E-state index in [0.717, 1.165) is 0 Å². The third-order valence-electron chi connectivity index (χ3n) is 1.42. The zero-order valence-corrected chi connectivity index (χ0v) is 6.36. The Kier molecular flexibility index (Phi) is 6.02. The van der Waals surface area contributed by atoms with Gasteiger partial charge < -0.3 is 15.3 Å². The highest BCUT2D eigenvalue weighted by molar-refractivity contribution is 5.78. The first-order chi connectivity index (χ1) is 5.24. The van der Waals surface area contributed by atoms with Crippen LogP contribution in [0.15, 0.2) is 0 Å². The summed E-state index contributed by atoms with van der Waals surface area (Å²) in [5.74, 6) is -0.491. The molecule has 0 heterocycles. The molecule has 66 valence electrons. The van der Waals surface area contributed by atoms with E-state index >= 15 is 0 Å². The topological polar surface area (TPSA) is 77.8 Å². The molecule has 0 spiro atoms. The molecule has 0 aromatic rings. The molecule has 0 saturated heterocycles. The predicted octanol–water partition coefficient (Wildman–Crippen LogP) is -1.07. The number of Topliss-reactive ketones (excluding diaryl/α,β-unsaturated/α-hetero) is 1. The molecule has 0 unspecified atom stereocenters. The van der Waals surface area contributed by atoms with Crippen molar-refractivity contribution in [2.24, 2.45) is 5.92 Å². The van der Waals surface area contributed by atoms with E-state index in [1.807, 2.05) is 0 Å². The van der Waals surface area contributed by atoms with Crippen LogP contribution in [-0.4, -0.2) is 40.9 Å². The summed E-state index contributed by atoms with van der Waals surface area (Å²) >= 11 is 0. The van der Waals surface area contributed by atoms with E-state index in [4.69, 9.17) is 15.3 Å². The highest BCUT2D eigenvalue weighted by atomic mass is 16.3. The SMILES string of the molecule is O=C(CCO)CC(CO)CO. The van der Waals surface area contributed by atoms with Gasteiger partial charge in [-0.1, -0.05) is 0 Å². The Balaban J connectivity index is 3.54. The van der Waals surface area contributed by atoms with Crippen molar-refractivity contribution in [2.75, 3.05) is 19.8 Å². The fraction of sp³-hybridized carbons (Fsp3) is 0.857. The standard InChI is InChI=1S/C7H14O4/c8-2-1-7(11)3-6(4-9)5-10/h6,8-10H,1-5H2. The van der Waals surface area contributed by atoms with Gasteiger partial charge in [-0.25, -0.2) is 0 Å². The van der Waals surface area contributed by atoms with Gasteiger partial charge >= 0.3 is 0 Å². The Morgan fingerprint density at radius 3 is 2.09 bits per heavy atom. The molecule has 0 aromatic carbocycles. The van der Waals surface area contributed by atoms with E-state index in [1.54, 1.807) is 0 Å². The molecule has 0 bridgehead atoms. The largest absolute Gasteiger partial charge is 0.396 e. The van der Waals surface area contributed by atoms with Gasteiger partial charge in [0, 0.05) is 38.6 Å². The molecular formula is C7H14O4. The molecule has 11 heavy (non-hydrogen) atoms. The second-order valence-electron chi connectivity index (χ2n) is 2.45. The number of hydrogen-bond donors (Lipinski definition) is 3. The van der Waals surface area contributed by atoms with Gasteiger partial charge in [0.1, 0.15) is 5.78 Å². The van der Waals surface area contributed by atoms with Crippen LogP contribution in [0.5, 0.6) is 0 Å². The van der Waals surface area contributed by atoms with Crippen LogP contribution in [0, 0.1) is 5.92 Å². The molecule has 0 aliphatic heterocycles. The molecular weight excluding hydrogens is 148 g/mol. The summed E-state index contributed by atoms with van der Waals surface area (Å²) in [6, 6.07) is 0. The fourth-order valence-corrected chi connectivity index (χ4v) is 0.736. The van der Waals surface area contributed by atoms with Gasteiger partial charge in [0.25, 0.3) is 0 Å². The molecule has 4 nitrogen and oxygen atoms in total. The van der Waals surface area contributed by atoms with Crippen LogP contribution in [0.2, 0.25) is 0 Å². The highest BCUT2D eigenvalue weighted by Crippen LogP contribution is 2.02. The molecule has 0 saturated carbocycles. The maximum Gasteiger partial charge on any atom is 0.135 e. The molecule has 0 atom stereocenters. The van der Waals surface area contributed by atoms with Crippen molar-refractivity contribution in [2.45, 2.75) is 12.8 Å². The lowest BCUT2D eigenvalue weighted by Crippen LogP contribution is -2.16. The van der Waals surface area contributed by atoms with Gasteiger partial charge in [-0.05, 0) is 0 Å². The third-order valence-corrected chi connectivity index (χ3v) is 1.42. The van der Waals surface area contributed by atoms with Crippen LogP contribution >= 0.6 is 0 Å². The van der Waals surface area contributed by atoms with Gasteiger partial charge in [-0.2, -0.15) is 0 Å². The van der Waals surface area contributed by atoms with Crippen LogP contribution in [0.25, 0.3) is 0 Å². The van der Waals surface area contributed by atoms with Gasteiger partial charge in [-0.15, -0.1) is 0 Å².